The molecule has 0 saturated carbocycles. The van der Waals surface area contributed by atoms with Crippen LogP contribution in [0.2, 0.25) is 0 Å². The van der Waals surface area contributed by atoms with Crippen LogP contribution in [0.15, 0.2) is 28.9 Å². The maximum atomic E-state index is 12.7. The maximum Gasteiger partial charge on any atom is 0.330 e. The van der Waals surface area contributed by atoms with Crippen LogP contribution in [0.3, 0.4) is 0 Å². The topological polar surface area (TPSA) is 81.8 Å². The minimum absolute atomic E-state index is 0.0211. The summed E-state index contributed by atoms with van der Waals surface area (Å²) in [6, 6.07) is 4.90. The summed E-state index contributed by atoms with van der Waals surface area (Å²) < 4.78 is 12.7. The first-order valence-corrected chi connectivity index (χ1v) is 10.6. The van der Waals surface area contributed by atoms with Gasteiger partial charge in [-0.15, -0.1) is 11.8 Å². The molecular weight excluding hydrogens is 392 g/mol. The predicted molar refractivity (Wildman–Crippen MR) is 108 cm³/mol. The number of fused-ring (bicyclic) bond motifs is 1. The lowest BCUT2D eigenvalue weighted by molar-refractivity contribution is -0.152. The fourth-order valence-electron chi connectivity index (χ4n) is 4.19. The Hall–Kier alpha value is -2.48. The van der Waals surface area contributed by atoms with E-state index in [0.717, 1.165) is 23.6 Å². The third-order valence-electron chi connectivity index (χ3n) is 5.83. The Morgan fingerprint density at radius 1 is 1.38 bits per heavy atom. The van der Waals surface area contributed by atoms with Crippen molar-refractivity contribution in [3.05, 3.63) is 47.2 Å². The zero-order valence-corrected chi connectivity index (χ0v) is 17.6. The fourth-order valence-corrected chi connectivity index (χ4v) is 5.61. The Morgan fingerprint density at radius 3 is 2.90 bits per heavy atom. The summed E-state index contributed by atoms with van der Waals surface area (Å²) >= 11 is 1.60. The van der Waals surface area contributed by atoms with Gasteiger partial charge in [-0.2, -0.15) is 0 Å². The van der Waals surface area contributed by atoms with Crippen LogP contribution >= 0.6 is 11.8 Å². The number of hydrogen-bond acceptors (Lipinski definition) is 6. The van der Waals surface area contributed by atoms with Crippen LogP contribution in [-0.4, -0.2) is 50.4 Å². The Balaban J connectivity index is 1.41. The van der Waals surface area contributed by atoms with Crippen molar-refractivity contribution < 1.29 is 23.5 Å². The number of hydrogen-bond donors (Lipinski definition) is 0. The summed E-state index contributed by atoms with van der Waals surface area (Å²) in [4.78, 5) is 38.8. The molecule has 0 aromatic carbocycles. The molecule has 0 bridgehead atoms. The van der Waals surface area contributed by atoms with E-state index in [1.807, 2.05) is 37.5 Å². The molecule has 0 aliphatic carbocycles. The van der Waals surface area contributed by atoms with Gasteiger partial charge in [0.15, 0.2) is 6.61 Å². The van der Waals surface area contributed by atoms with Gasteiger partial charge in [-0.1, -0.05) is 0 Å². The SMILES string of the molecule is Cc1cc(C(=O)COC(=O)[C@H]2CS[C@@]3(C)CCC(=O)N23)c(C)n1Cc1ccco1. The first-order chi connectivity index (χ1) is 13.8. The molecule has 7 nitrogen and oxygen atoms in total. The second-order valence-electron chi connectivity index (χ2n) is 7.75. The minimum Gasteiger partial charge on any atom is -0.467 e. The molecule has 2 aromatic heterocycles. The van der Waals surface area contributed by atoms with Gasteiger partial charge in [0.25, 0.3) is 0 Å². The number of ketones is 1. The molecule has 1 amide bonds. The van der Waals surface area contributed by atoms with Crippen LogP contribution in [0.5, 0.6) is 0 Å². The Morgan fingerprint density at radius 2 is 2.17 bits per heavy atom. The summed E-state index contributed by atoms with van der Waals surface area (Å²) in [7, 11) is 0. The van der Waals surface area contributed by atoms with Crippen molar-refractivity contribution >= 4 is 29.4 Å². The molecule has 0 radical (unpaired) electrons. The van der Waals surface area contributed by atoms with Crippen LogP contribution in [0.4, 0.5) is 0 Å². The lowest BCUT2D eigenvalue weighted by Gasteiger charge is -2.29. The van der Waals surface area contributed by atoms with E-state index in [2.05, 4.69) is 0 Å². The van der Waals surface area contributed by atoms with Gasteiger partial charge in [0, 0.05) is 29.1 Å². The maximum absolute atomic E-state index is 12.7. The molecule has 0 spiro atoms. The minimum atomic E-state index is -0.612. The van der Waals surface area contributed by atoms with Crippen molar-refractivity contribution in [2.24, 2.45) is 0 Å². The van der Waals surface area contributed by atoms with Gasteiger partial charge in [0.1, 0.15) is 11.8 Å². The summed E-state index contributed by atoms with van der Waals surface area (Å²) in [6.07, 6.45) is 2.81. The van der Waals surface area contributed by atoms with E-state index in [-0.39, 0.29) is 23.2 Å². The number of Topliss-reactive ketones (excluding diaryl/α,β-unsaturated/α-hetero) is 1. The largest absolute Gasteiger partial charge is 0.467 e. The number of furan rings is 1. The molecule has 2 aromatic rings. The van der Waals surface area contributed by atoms with Gasteiger partial charge in [0.2, 0.25) is 11.7 Å². The van der Waals surface area contributed by atoms with Gasteiger partial charge < -0.3 is 18.6 Å². The monoisotopic (exact) mass is 416 g/mol. The van der Waals surface area contributed by atoms with E-state index in [1.165, 1.54) is 0 Å². The highest BCUT2D eigenvalue weighted by molar-refractivity contribution is 8.01. The van der Waals surface area contributed by atoms with Gasteiger partial charge in [-0.3, -0.25) is 9.59 Å². The summed E-state index contributed by atoms with van der Waals surface area (Å²) in [5, 5.41) is 0. The average Bonchev–Trinajstić information content (AvgIpc) is 3.43. The highest BCUT2D eigenvalue weighted by Gasteiger charge is 2.53. The Bertz CT molecular complexity index is 964. The second kappa shape index (κ2) is 7.40. The van der Waals surface area contributed by atoms with Crippen LogP contribution in [-0.2, 0) is 20.9 Å². The van der Waals surface area contributed by atoms with E-state index in [1.54, 1.807) is 29.0 Å². The molecule has 0 N–H and O–H groups in total. The fraction of sp³-hybridized carbons (Fsp3) is 0.476. The zero-order valence-electron chi connectivity index (χ0n) is 16.8. The molecule has 2 fully saturated rings. The first-order valence-electron chi connectivity index (χ1n) is 9.65. The van der Waals surface area contributed by atoms with E-state index >= 15 is 0 Å². The third-order valence-corrected chi connectivity index (χ3v) is 7.34. The van der Waals surface area contributed by atoms with Gasteiger partial charge in [-0.25, -0.2) is 4.79 Å². The number of amides is 1. The molecule has 8 heteroatoms. The van der Waals surface area contributed by atoms with Crippen molar-refractivity contribution in [2.75, 3.05) is 12.4 Å². The zero-order chi connectivity index (χ0) is 20.8. The number of ether oxygens (including phenoxy) is 1. The molecule has 0 unspecified atom stereocenters. The van der Waals surface area contributed by atoms with Crippen molar-refractivity contribution in [3.63, 3.8) is 0 Å². The standard InChI is InChI=1S/C21H24N2O5S/c1-13-9-16(14(2)22(13)10-15-5-4-8-27-15)18(24)11-28-20(26)17-12-29-21(3)7-6-19(25)23(17)21/h4-5,8-9,17H,6-7,10-12H2,1-3H3/t17-,21+/m1/s1. The Labute approximate surface area is 173 Å². The summed E-state index contributed by atoms with van der Waals surface area (Å²) in [5.74, 6) is 0.529. The number of carbonyl (C=O) groups excluding carboxylic acids is 3. The van der Waals surface area contributed by atoms with Crippen LogP contribution in [0.25, 0.3) is 0 Å². The van der Waals surface area contributed by atoms with E-state index < -0.39 is 12.0 Å². The molecule has 29 heavy (non-hydrogen) atoms. The third kappa shape index (κ3) is 3.50. The number of nitrogens with zero attached hydrogens (tertiary/aromatic N) is 2. The molecule has 4 rings (SSSR count). The predicted octanol–water partition coefficient (Wildman–Crippen LogP) is 2.93. The van der Waals surface area contributed by atoms with Gasteiger partial charge in [0.05, 0.1) is 17.7 Å². The second-order valence-corrected chi connectivity index (χ2v) is 9.25. The lowest BCUT2D eigenvalue weighted by Crippen LogP contribution is -2.46. The molecule has 154 valence electrons. The smallest absolute Gasteiger partial charge is 0.330 e. The van der Waals surface area contributed by atoms with Crippen LogP contribution in [0, 0.1) is 13.8 Å². The number of thioether (sulfide) groups is 1. The number of aryl methyl sites for hydroxylation is 1. The van der Waals surface area contributed by atoms with Gasteiger partial charge >= 0.3 is 5.97 Å². The van der Waals surface area contributed by atoms with Crippen LogP contribution in [0.1, 0.15) is 47.3 Å². The Kier molecular flexibility index (Phi) is 5.06. The first kappa shape index (κ1) is 19.8. The quantitative estimate of drug-likeness (QED) is 0.532. The molecule has 2 aliphatic rings. The summed E-state index contributed by atoms with van der Waals surface area (Å²) in [5.41, 5.74) is 2.27. The highest BCUT2D eigenvalue weighted by Crippen LogP contribution is 2.47. The number of aromatic nitrogens is 1. The lowest BCUT2D eigenvalue weighted by atomic mass is 10.1. The molecule has 4 heterocycles. The molecule has 2 atom stereocenters. The summed E-state index contributed by atoms with van der Waals surface area (Å²) in [6.45, 7) is 5.98. The van der Waals surface area contributed by atoms with E-state index in [0.29, 0.717) is 24.3 Å². The molecular formula is C21H24N2O5S. The van der Waals surface area contributed by atoms with Crippen LogP contribution < -0.4 is 0 Å². The van der Waals surface area contributed by atoms with E-state index in [4.69, 9.17) is 9.15 Å². The number of esters is 1. The normalized spacial score (nSPS) is 23.5. The highest BCUT2D eigenvalue weighted by atomic mass is 32.2. The van der Waals surface area contributed by atoms with E-state index in [9.17, 15) is 14.4 Å². The number of rotatable bonds is 6. The molecule has 2 aliphatic heterocycles. The van der Waals surface area contributed by atoms with Crippen molar-refractivity contribution in [2.45, 2.75) is 51.1 Å². The van der Waals surface area contributed by atoms with Crippen molar-refractivity contribution in [1.82, 2.24) is 9.47 Å². The molecule has 2 saturated heterocycles. The average molecular weight is 416 g/mol. The van der Waals surface area contributed by atoms with Crippen molar-refractivity contribution in [3.8, 4) is 0 Å². The van der Waals surface area contributed by atoms with Crippen molar-refractivity contribution in [1.29, 1.82) is 0 Å². The number of carbonyl (C=O) groups is 3. The van der Waals surface area contributed by atoms with Gasteiger partial charge in [-0.05, 0) is 45.4 Å².